The van der Waals surface area contributed by atoms with Crippen molar-refractivity contribution in [3.05, 3.63) is 32.1 Å². The van der Waals surface area contributed by atoms with Crippen molar-refractivity contribution >= 4 is 0 Å². The van der Waals surface area contributed by atoms with Crippen molar-refractivity contribution in [2.75, 3.05) is 13.1 Å². The quantitative estimate of drug-likeness (QED) is 0.617. The Morgan fingerprint density at radius 3 is 2.28 bits per heavy atom. The molecule has 1 rings (SSSR count). The number of H-pyrrole nitrogens is 1. The van der Waals surface area contributed by atoms with Crippen molar-refractivity contribution in [3.63, 3.8) is 0 Å². The maximum absolute atomic E-state index is 12.3. The molecule has 5 N–H and O–H groups in total. The molecule has 0 saturated carbocycles. The molecule has 0 saturated heterocycles. The third-order valence-corrected chi connectivity index (χ3v) is 2.71. The van der Waals surface area contributed by atoms with E-state index >= 15 is 0 Å². The highest BCUT2D eigenvalue weighted by Gasteiger charge is 2.13. The van der Waals surface area contributed by atoms with Gasteiger partial charge in [0.05, 0.1) is 0 Å². The average Bonchev–Trinajstić information content (AvgIpc) is 2.29. The summed E-state index contributed by atoms with van der Waals surface area (Å²) in [6.07, 6.45) is 0.950. The van der Waals surface area contributed by atoms with Crippen molar-refractivity contribution in [2.24, 2.45) is 17.4 Å². The Labute approximate surface area is 106 Å². The molecule has 6 heteroatoms. The summed E-state index contributed by atoms with van der Waals surface area (Å²) in [4.78, 5) is 26.9. The third kappa shape index (κ3) is 3.30. The van der Waals surface area contributed by atoms with Gasteiger partial charge in [0.15, 0.2) is 0 Å². The fraction of sp³-hybridized carbons (Fsp3) is 0.667. The van der Waals surface area contributed by atoms with Crippen LogP contribution in [0.15, 0.2) is 9.59 Å². The van der Waals surface area contributed by atoms with Crippen LogP contribution in [0.4, 0.5) is 0 Å². The van der Waals surface area contributed by atoms with Gasteiger partial charge in [-0.2, -0.15) is 0 Å². The Morgan fingerprint density at radius 2 is 1.78 bits per heavy atom. The lowest BCUT2D eigenvalue weighted by atomic mass is 10.1. The fourth-order valence-electron chi connectivity index (χ4n) is 1.95. The van der Waals surface area contributed by atoms with Gasteiger partial charge in [0.1, 0.15) is 0 Å². The van der Waals surface area contributed by atoms with Gasteiger partial charge in [-0.3, -0.25) is 9.36 Å². The summed E-state index contributed by atoms with van der Waals surface area (Å²) in [6, 6.07) is 0. The molecule has 1 aromatic rings. The highest BCUT2D eigenvalue weighted by molar-refractivity contribution is 5.18. The molecule has 0 aliphatic heterocycles. The number of rotatable bonds is 6. The molecule has 0 fully saturated rings. The lowest BCUT2D eigenvalue weighted by Gasteiger charge is -2.12. The Morgan fingerprint density at radius 1 is 1.17 bits per heavy atom. The fourth-order valence-corrected chi connectivity index (χ4v) is 1.95. The van der Waals surface area contributed by atoms with Crippen molar-refractivity contribution in [3.8, 4) is 0 Å². The summed E-state index contributed by atoms with van der Waals surface area (Å²) in [6.45, 7) is 5.10. The van der Waals surface area contributed by atoms with Gasteiger partial charge in [-0.25, -0.2) is 4.79 Å². The molecule has 0 aliphatic rings. The largest absolute Gasteiger partial charge is 0.330 e. The molecule has 0 spiro atoms. The van der Waals surface area contributed by atoms with Crippen LogP contribution in [-0.4, -0.2) is 22.6 Å². The van der Waals surface area contributed by atoms with E-state index in [-0.39, 0.29) is 17.2 Å². The molecular formula is C12H22N4O2. The molecule has 0 unspecified atom stereocenters. The number of nitrogens with zero attached hydrogens (tertiary/aromatic N) is 1. The number of aromatic amines is 1. The highest BCUT2D eigenvalue weighted by atomic mass is 16.2. The zero-order valence-electron chi connectivity index (χ0n) is 11.0. The minimum absolute atomic E-state index is 0.231. The first kappa shape index (κ1) is 14.7. The number of nitrogens with two attached hydrogens (primary N) is 2. The van der Waals surface area contributed by atoms with Crippen LogP contribution in [0.1, 0.15) is 25.1 Å². The van der Waals surface area contributed by atoms with Gasteiger partial charge in [-0.15, -0.1) is 0 Å². The van der Waals surface area contributed by atoms with E-state index in [2.05, 4.69) is 4.98 Å². The summed E-state index contributed by atoms with van der Waals surface area (Å²) in [5.74, 6) is 0.231. The maximum atomic E-state index is 12.3. The zero-order chi connectivity index (χ0) is 13.7. The summed E-state index contributed by atoms with van der Waals surface area (Å²) in [5, 5.41) is 0. The Bertz CT molecular complexity index is 502. The number of hydrogen-bond acceptors (Lipinski definition) is 4. The molecule has 6 nitrogen and oxygen atoms in total. The Kier molecular flexibility index (Phi) is 5.30. The van der Waals surface area contributed by atoms with Crippen molar-refractivity contribution in [1.29, 1.82) is 0 Å². The summed E-state index contributed by atoms with van der Waals surface area (Å²) >= 11 is 0. The minimum atomic E-state index is -0.363. The molecule has 0 amide bonds. The molecule has 1 heterocycles. The van der Waals surface area contributed by atoms with Crippen LogP contribution in [0.3, 0.4) is 0 Å². The van der Waals surface area contributed by atoms with Crippen LogP contribution in [0.5, 0.6) is 0 Å². The lowest BCUT2D eigenvalue weighted by molar-refractivity contribution is 0.486. The smallest absolute Gasteiger partial charge is 0.328 e. The van der Waals surface area contributed by atoms with E-state index in [1.807, 2.05) is 13.8 Å². The van der Waals surface area contributed by atoms with E-state index in [1.165, 1.54) is 4.57 Å². The van der Waals surface area contributed by atoms with E-state index in [0.29, 0.717) is 43.7 Å². The Balaban J connectivity index is 3.35. The molecular weight excluding hydrogens is 232 g/mol. The first-order valence-electron chi connectivity index (χ1n) is 6.26. The second-order valence-electron chi connectivity index (χ2n) is 4.77. The van der Waals surface area contributed by atoms with E-state index in [0.717, 1.165) is 0 Å². The maximum Gasteiger partial charge on any atom is 0.328 e. The van der Waals surface area contributed by atoms with Gasteiger partial charge in [-0.05, 0) is 25.4 Å². The average molecular weight is 254 g/mol. The second kappa shape index (κ2) is 6.51. The molecule has 1 aromatic heterocycles. The number of hydrogen-bond donors (Lipinski definition) is 3. The molecule has 0 radical (unpaired) electrons. The van der Waals surface area contributed by atoms with Gasteiger partial charge in [0.25, 0.3) is 5.56 Å². The van der Waals surface area contributed by atoms with Gasteiger partial charge >= 0.3 is 5.69 Å². The predicted molar refractivity (Wildman–Crippen MR) is 71.7 cm³/mol. The van der Waals surface area contributed by atoms with Crippen LogP contribution < -0.4 is 22.7 Å². The second-order valence-corrected chi connectivity index (χ2v) is 4.77. The van der Waals surface area contributed by atoms with E-state index in [9.17, 15) is 9.59 Å². The minimum Gasteiger partial charge on any atom is -0.330 e. The summed E-state index contributed by atoms with van der Waals surface area (Å²) in [7, 11) is 0. The van der Waals surface area contributed by atoms with Crippen LogP contribution in [0.25, 0.3) is 0 Å². The van der Waals surface area contributed by atoms with Gasteiger partial charge < -0.3 is 16.5 Å². The summed E-state index contributed by atoms with van der Waals surface area (Å²) in [5.41, 5.74) is 11.6. The molecule has 0 aliphatic carbocycles. The van der Waals surface area contributed by atoms with E-state index in [4.69, 9.17) is 11.5 Å². The van der Waals surface area contributed by atoms with Crippen molar-refractivity contribution in [2.45, 2.75) is 33.2 Å². The molecule has 0 aromatic carbocycles. The van der Waals surface area contributed by atoms with Gasteiger partial charge in [0, 0.05) is 24.2 Å². The standard InChI is InChI=1S/C12H22N4O2/c1-8(2)7-16-11(17)9(3-5-13)10(4-6-14)15-12(16)18/h8H,3-7,13-14H2,1-2H3,(H,15,18). The van der Waals surface area contributed by atoms with Gasteiger partial charge in [-0.1, -0.05) is 13.8 Å². The van der Waals surface area contributed by atoms with Crippen LogP contribution >= 0.6 is 0 Å². The normalized spacial score (nSPS) is 11.2. The Hall–Kier alpha value is -1.40. The SMILES string of the molecule is CC(C)Cn1c(=O)[nH]c(CCN)c(CCN)c1=O. The van der Waals surface area contributed by atoms with Crippen molar-refractivity contribution < 1.29 is 0 Å². The molecule has 0 bridgehead atoms. The first-order valence-corrected chi connectivity index (χ1v) is 6.26. The first-order chi connectivity index (χ1) is 8.51. The lowest BCUT2D eigenvalue weighted by Crippen LogP contribution is -2.40. The van der Waals surface area contributed by atoms with Crippen LogP contribution in [0.2, 0.25) is 0 Å². The molecule has 102 valence electrons. The predicted octanol–water partition coefficient (Wildman–Crippen LogP) is -0.805. The monoisotopic (exact) mass is 254 g/mol. The van der Waals surface area contributed by atoms with Crippen LogP contribution in [-0.2, 0) is 19.4 Å². The number of aromatic nitrogens is 2. The summed E-state index contributed by atoms with van der Waals surface area (Å²) < 4.78 is 1.25. The molecule has 18 heavy (non-hydrogen) atoms. The van der Waals surface area contributed by atoms with E-state index < -0.39 is 0 Å². The topological polar surface area (TPSA) is 107 Å². The third-order valence-electron chi connectivity index (χ3n) is 2.71. The van der Waals surface area contributed by atoms with Gasteiger partial charge in [0.2, 0.25) is 0 Å². The zero-order valence-corrected chi connectivity index (χ0v) is 11.0. The van der Waals surface area contributed by atoms with E-state index in [1.54, 1.807) is 0 Å². The van der Waals surface area contributed by atoms with Crippen molar-refractivity contribution in [1.82, 2.24) is 9.55 Å². The highest BCUT2D eigenvalue weighted by Crippen LogP contribution is 2.01. The van der Waals surface area contributed by atoms with Crippen LogP contribution in [0, 0.1) is 5.92 Å². The number of nitrogens with one attached hydrogen (secondary N) is 1. The molecule has 0 atom stereocenters.